The van der Waals surface area contributed by atoms with E-state index in [2.05, 4.69) is 35.4 Å². The second-order valence-electron chi connectivity index (χ2n) is 7.42. The number of rotatable bonds is 3. The summed E-state index contributed by atoms with van der Waals surface area (Å²) < 4.78 is 0. The Hall–Kier alpha value is -2.36. The maximum absolute atomic E-state index is 12.5. The number of carbonyl (C=O) groups is 1. The van der Waals surface area contributed by atoms with Gasteiger partial charge in [-0.1, -0.05) is 31.2 Å². The Balaban J connectivity index is 1.77. The van der Waals surface area contributed by atoms with Crippen LogP contribution >= 0.6 is 0 Å². The lowest BCUT2D eigenvalue weighted by Gasteiger charge is -2.45. The molecule has 2 heterocycles. The van der Waals surface area contributed by atoms with Gasteiger partial charge in [0.1, 0.15) is 5.82 Å². The van der Waals surface area contributed by atoms with Crippen LogP contribution < -0.4 is 10.2 Å². The van der Waals surface area contributed by atoms with E-state index in [1.807, 2.05) is 36.1 Å². The molecule has 130 valence electrons. The van der Waals surface area contributed by atoms with E-state index in [9.17, 15) is 4.79 Å². The molecule has 1 amide bonds. The second kappa shape index (κ2) is 6.17. The van der Waals surface area contributed by atoms with E-state index >= 15 is 0 Å². The van der Waals surface area contributed by atoms with Crippen LogP contribution in [0.1, 0.15) is 44.0 Å². The first-order chi connectivity index (χ1) is 12.1. The van der Waals surface area contributed by atoms with Gasteiger partial charge in [-0.05, 0) is 49.4 Å². The molecule has 4 heteroatoms. The van der Waals surface area contributed by atoms with Crippen molar-refractivity contribution in [3.05, 3.63) is 53.7 Å². The third-order valence-electron chi connectivity index (χ3n) is 5.53. The quantitative estimate of drug-likeness (QED) is 0.908. The minimum atomic E-state index is 0.142. The maximum atomic E-state index is 12.5. The molecule has 1 saturated carbocycles. The van der Waals surface area contributed by atoms with Crippen molar-refractivity contribution in [2.45, 2.75) is 45.7 Å². The molecule has 0 saturated heterocycles. The average molecular weight is 335 g/mol. The van der Waals surface area contributed by atoms with E-state index in [4.69, 9.17) is 0 Å². The summed E-state index contributed by atoms with van der Waals surface area (Å²) in [6.07, 6.45) is 2.44. The molecular weight excluding hydrogens is 310 g/mol. The molecule has 4 nitrogen and oxygen atoms in total. The van der Waals surface area contributed by atoms with Crippen LogP contribution in [0.25, 0.3) is 0 Å². The van der Waals surface area contributed by atoms with Crippen molar-refractivity contribution in [1.82, 2.24) is 4.98 Å². The predicted molar refractivity (Wildman–Crippen MR) is 101 cm³/mol. The lowest BCUT2D eigenvalue weighted by Crippen LogP contribution is -2.51. The van der Waals surface area contributed by atoms with Crippen LogP contribution in [0.5, 0.6) is 0 Å². The standard InChI is InChI=1S/C21H25N3O/c1-13-7-6-10-19(22-13)23-20-14(2)21(16-11-12-16)24(15(3)25)18-9-5-4-8-17(18)20/h4-10,14,16,20-21H,11-12H2,1-3H3,(H,22,23)/t14-,20-,21?/m0/s1. The van der Waals surface area contributed by atoms with Crippen molar-refractivity contribution in [3.8, 4) is 0 Å². The number of benzene rings is 1. The van der Waals surface area contributed by atoms with Crippen molar-refractivity contribution >= 4 is 17.4 Å². The average Bonchev–Trinajstić information content (AvgIpc) is 3.41. The number of pyridine rings is 1. The summed E-state index contributed by atoms with van der Waals surface area (Å²) in [7, 11) is 0. The predicted octanol–water partition coefficient (Wildman–Crippen LogP) is 4.32. The molecule has 0 spiro atoms. The molecule has 0 radical (unpaired) electrons. The van der Waals surface area contributed by atoms with Crippen LogP contribution in [-0.2, 0) is 4.79 Å². The molecule has 1 aromatic heterocycles. The van der Waals surface area contributed by atoms with Crippen LogP contribution in [0.3, 0.4) is 0 Å². The number of carbonyl (C=O) groups excluding carboxylic acids is 1. The molecule has 25 heavy (non-hydrogen) atoms. The monoisotopic (exact) mass is 335 g/mol. The minimum absolute atomic E-state index is 0.142. The molecule has 1 N–H and O–H groups in total. The lowest BCUT2D eigenvalue weighted by molar-refractivity contribution is -0.117. The fourth-order valence-corrected chi connectivity index (χ4v) is 4.30. The van der Waals surface area contributed by atoms with Gasteiger partial charge in [-0.15, -0.1) is 0 Å². The first kappa shape index (κ1) is 16.1. The van der Waals surface area contributed by atoms with Crippen molar-refractivity contribution in [1.29, 1.82) is 0 Å². The van der Waals surface area contributed by atoms with Gasteiger partial charge in [-0.3, -0.25) is 4.79 Å². The summed E-state index contributed by atoms with van der Waals surface area (Å²) in [6, 6.07) is 14.8. The Kier molecular flexibility index (Phi) is 3.98. The van der Waals surface area contributed by atoms with Crippen LogP contribution in [0, 0.1) is 18.8 Å². The van der Waals surface area contributed by atoms with Gasteiger partial charge in [0, 0.05) is 30.3 Å². The fourth-order valence-electron chi connectivity index (χ4n) is 4.30. The molecule has 2 aromatic rings. The number of anilines is 2. The van der Waals surface area contributed by atoms with Crippen LogP contribution in [0.2, 0.25) is 0 Å². The van der Waals surface area contributed by atoms with Crippen molar-refractivity contribution in [2.75, 3.05) is 10.2 Å². The van der Waals surface area contributed by atoms with Crippen molar-refractivity contribution in [2.24, 2.45) is 11.8 Å². The van der Waals surface area contributed by atoms with E-state index in [1.54, 1.807) is 6.92 Å². The van der Waals surface area contributed by atoms with E-state index in [1.165, 1.54) is 18.4 Å². The number of aromatic nitrogens is 1. The zero-order valence-electron chi connectivity index (χ0n) is 15.1. The summed E-state index contributed by atoms with van der Waals surface area (Å²) >= 11 is 0. The summed E-state index contributed by atoms with van der Waals surface area (Å²) in [5.74, 6) is 1.98. The zero-order valence-corrected chi connectivity index (χ0v) is 15.1. The van der Waals surface area contributed by atoms with E-state index in [0.717, 1.165) is 17.2 Å². The molecule has 1 aliphatic heterocycles. The zero-order chi connectivity index (χ0) is 17.6. The summed E-state index contributed by atoms with van der Waals surface area (Å²) in [4.78, 5) is 19.1. The Bertz CT molecular complexity index is 799. The van der Waals surface area contributed by atoms with E-state index in [0.29, 0.717) is 11.8 Å². The number of nitrogens with zero attached hydrogens (tertiary/aromatic N) is 2. The topological polar surface area (TPSA) is 45.2 Å². The lowest BCUT2D eigenvalue weighted by atomic mass is 9.80. The number of hydrogen-bond donors (Lipinski definition) is 1. The molecule has 2 aliphatic rings. The Morgan fingerprint density at radius 3 is 2.60 bits per heavy atom. The normalized spacial score (nSPS) is 25.4. The highest BCUT2D eigenvalue weighted by atomic mass is 16.2. The first-order valence-corrected chi connectivity index (χ1v) is 9.15. The van der Waals surface area contributed by atoms with Crippen molar-refractivity contribution < 1.29 is 4.79 Å². The van der Waals surface area contributed by atoms with Gasteiger partial charge in [0.2, 0.25) is 5.91 Å². The van der Waals surface area contributed by atoms with Crippen LogP contribution in [0.4, 0.5) is 11.5 Å². The third kappa shape index (κ3) is 2.90. The number of aryl methyl sites for hydroxylation is 1. The highest BCUT2D eigenvalue weighted by molar-refractivity contribution is 5.94. The molecule has 0 bridgehead atoms. The van der Waals surface area contributed by atoms with Crippen LogP contribution in [0.15, 0.2) is 42.5 Å². The fraction of sp³-hybridized carbons (Fsp3) is 0.429. The van der Waals surface area contributed by atoms with Gasteiger partial charge in [0.15, 0.2) is 0 Å². The van der Waals surface area contributed by atoms with Gasteiger partial charge >= 0.3 is 0 Å². The molecule has 1 aromatic carbocycles. The summed E-state index contributed by atoms with van der Waals surface area (Å²) in [6.45, 7) is 5.96. The van der Waals surface area contributed by atoms with E-state index in [-0.39, 0.29) is 18.0 Å². The first-order valence-electron chi connectivity index (χ1n) is 9.15. The largest absolute Gasteiger partial charge is 0.363 e. The number of amides is 1. The SMILES string of the molecule is CC(=O)N1c2ccccc2[C@@H](Nc2cccc(C)n2)[C@H](C)C1C1CC1. The number of hydrogen-bond acceptors (Lipinski definition) is 3. The molecule has 4 rings (SSSR count). The van der Waals surface area contributed by atoms with Gasteiger partial charge in [-0.25, -0.2) is 4.98 Å². The molecule has 1 unspecified atom stereocenters. The van der Waals surface area contributed by atoms with Crippen LogP contribution in [-0.4, -0.2) is 16.9 Å². The summed E-state index contributed by atoms with van der Waals surface area (Å²) in [5, 5.41) is 3.65. The maximum Gasteiger partial charge on any atom is 0.224 e. The van der Waals surface area contributed by atoms with E-state index < -0.39 is 0 Å². The van der Waals surface area contributed by atoms with Crippen molar-refractivity contribution in [3.63, 3.8) is 0 Å². The van der Waals surface area contributed by atoms with Gasteiger partial charge < -0.3 is 10.2 Å². The highest BCUT2D eigenvalue weighted by Gasteiger charge is 2.47. The van der Waals surface area contributed by atoms with Gasteiger partial charge in [0.05, 0.1) is 6.04 Å². The molecule has 1 aliphatic carbocycles. The number of fused-ring (bicyclic) bond motifs is 1. The Morgan fingerprint density at radius 2 is 1.92 bits per heavy atom. The number of nitrogens with one attached hydrogen (secondary N) is 1. The molecule has 3 atom stereocenters. The number of para-hydroxylation sites is 1. The Labute approximate surface area is 149 Å². The Morgan fingerprint density at radius 1 is 1.16 bits per heavy atom. The highest BCUT2D eigenvalue weighted by Crippen LogP contribution is 2.49. The molecular formula is C21H25N3O. The van der Waals surface area contributed by atoms with Gasteiger partial charge in [-0.2, -0.15) is 0 Å². The molecule has 1 fully saturated rings. The summed E-state index contributed by atoms with van der Waals surface area (Å²) in [5.41, 5.74) is 3.24. The minimum Gasteiger partial charge on any atom is -0.363 e. The smallest absolute Gasteiger partial charge is 0.224 e. The second-order valence-corrected chi connectivity index (χ2v) is 7.42. The third-order valence-corrected chi connectivity index (χ3v) is 5.53. The van der Waals surface area contributed by atoms with Gasteiger partial charge in [0.25, 0.3) is 0 Å².